The average Bonchev–Trinajstić information content (AvgIpc) is 2.62. The summed E-state index contributed by atoms with van der Waals surface area (Å²) in [4.78, 5) is 14.7. The summed E-state index contributed by atoms with van der Waals surface area (Å²) in [5.74, 6) is -0.536. The van der Waals surface area contributed by atoms with Crippen LogP contribution in [0.3, 0.4) is 0 Å². The van der Waals surface area contributed by atoms with Gasteiger partial charge in [0.05, 0.1) is 26.7 Å². The van der Waals surface area contributed by atoms with Crippen molar-refractivity contribution in [2.45, 2.75) is 19.4 Å². The molecule has 1 unspecified atom stereocenters. The topological polar surface area (TPSA) is 32.3 Å². The first-order valence-corrected chi connectivity index (χ1v) is 9.48. The Balaban J connectivity index is 1.65. The van der Waals surface area contributed by atoms with Crippen LogP contribution >= 0.6 is 34.8 Å². The second kappa shape index (κ2) is 8.57. The van der Waals surface area contributed by atoms with E-state index in [2.05, 4.69) is 10.2 Å². The van der Waals surface area contributed by atoms with Gasteiger partial charge in [-0.1, -0.05) is 53.0 Å². The third-order valence-corrected chi connectivity index (χ3v) is 5.53. The molecular weight excluding hydrogens is 398 g/mol. The van der Waals surface area contributed by atoms with Crippen LogP contribution in [0.5, 0.6) is 0 Å². The molecule has 0 aromatic heterocycles. The summed E-state index contributed by atoms with van der Waals surface area (Å²) in [6, 6.07) is 9.77. The fourth-order valence-electron chi connectivity index (χ4n) is 3.13. The zero-order chi connectivity index (χ0) is 18.7. The van der Waals surface area contributed by atoms with E-state index >= 15 is 0 Å². The zero-order valence-corrected chi connectivity index (χ0v) is 16.2. The van der Waals surface area contributed by atoms with Crippen molar-refractivity contribution in [2.24, 2.45) is 5.92 Å². The number of halogens is 4. The highest BCUT2D eigenvalue weighted by atomic mass is 35.5. The summed E-state index contributed by atoms with van der Waals surface area (Å²) in [6.45, 7) is 1.90. The minimum atomic E-state index is -0.221. The van der Waals surface area contributed by atoms with Crippen LogP contribution in [-0.2, 0) is 11.3 Å². The Bertz CT molecular complexity index is 815. The van der Waals surface area contributed by atoms with Crippen LogP contribution < -0.4 is 5.32 Å². The summed E-state index contributed by atoms with van der Waals surface area (Å²) in [6.07, 6.45) is 1.65. The lowest BCUT2D eigenvalue weighted by Gasteiger charge is -2.32. The predicted molar refractivity (Wildman–Crippen MR) is 105 cm³/mol. The van der Waals surface area contributed by atoms with Crippen molar-refractivity contribution in [1.29, 1.82) is 0 Å². The quantitative estimate of drug-likeness (QED) is 0.656. The number of amides is 1. The first-order chi connectivity index (χ1) is 12.4. The molecule has 0 bridgehead atoms. The van der Waals surface area contributed by atoms with E-state index in [4.69, 9.17) is 34.8 Å². The first kappa shape index (κ1) is 19.4. The van der Waals surface area contributed by atoms with Gasteiger partial charge in [0.25, 0.3) is 0 Å². The van der Waals surface area contributed by atoms with Gasteiger partial charge in [0.1, 0.15) is 5.82 Å². The van der Waals surface area contributed by atoms with Gasteiger partial charge in [-0.2, -0.15) is 0 Å². The molecule has 1 N–H and O–H groups in total. The van der Waals surface area contributed by atoms with E-state index in [9.17, 15) is 9.18 Å². The lowest BCUT2D eigenvalue weighted by atomic mass is 9.96. The second-order valence-electron chi connectivity index (χ2n) is 6.40. The van der Waals surface area contributed by atoms with Crippen molar-refractivity contribution < 1.29 is 9.18 Å². The van der Waals surface area contributed by atoms with Crippen molar-refractivity contribution >= 4 is 46.4 Å². The highest BCUT2D eigenvalue weighted by molar-refractivity contribution is 6.44. The number of likely N-dealkylation sites (tertiary alicyclic amines) is 1. The number of carbonyl (C=O) groups excluding carboxylic acids is 1. The molecule has 7 heteroatoms. The van der Waals surface area contributed by atoms with Crippen LogP contribution in [0.25, 0.3) is 0 Å². The van der Waals surface area contributed by atoms with E-state index < -0.39 is 0 Å². The van der Waals surface area contributed by atoms with Crippen LogP contribution in [0.2, 0.25) is 15.1 Å². The van der Waals surface area contributed by atoms with Crippen LogP contribution in [0, 0.1) is 11.7 Å². The highest BCUT2D eigenvalue weighted by Crippen LogP contribution is 2.33. The maximum atomic E-state index is 13.9. The molecule has 1 amide bonds. The number of piperidine rings is 1. The van der Waals surface area contributed by atoms with Crippen LogP contribution in [0.15, 0.2) is 36.4 Å². The molecule has 3 nitrogen and oxygen atoms in total. The first-order valence-electron chi connectivity index (χ1n) is 8.35. The largest absolute Gasteiger partial charge is 0.324 e. The number of hydrogen-bond acceptors (Lipinski definition) is 2. The molecular formula is C19H18Cl3FN2O. The summed E-state index contributed by atoms with van der Waals surface area (Å²) in [5, 5.41) is 3.83. The van der Waals surface area contributed by atoms with E-state index in [1.165, 1.54) is 12.1 Å². The lowest BCUT2D eigenvalue weighted by Crippen LogP contribution is -2.40. The molecule has 1 fully saturated rings. The Morgan fingerprint density at radius 2 is 1.88 bits per heavy atom. The number of benzene rings is 2. The van der Waals surface area contributed by atoms with Crippen molar-refractivity contribution in [2.75, 3.05) is 18.4 Å². The average molecular weight is 416 g/mol. The molecule has 3 rings (SSSR count). The minimum Gasteiger partial charge on any atom is -0.324 e. The van der Waals surface area contributed by atoms with Gasteiger partial charge in [0.15, 0.2) is 0 Å². The molecule has 1 heterocycles. The lowest BCUT2D eigenvalue weighted by molar-refractivity contribution is -0.121. The molecule has 0 aliphatic carbocycles. The van der Waals surface area contributed by atoms with E-state index in [0.29, 0.717) is 39.4 Å². The van der Waals surface area contributed by atoms with Crippen molar-refractivity contribution in [3.8, 4) is 0 Å². The summed E-state index contributed by atoms with van der Waals surface area (Å²) >= 11 is 18.0. The van der Waals surface area contributed by atoms with E-state index in [-0.39, 0.29) is 17.6 Å². The van der Waals surface area contributed by atoms with Gasteiger partial charge in [0.2, 0.25) is 5.91 Å². The van der Waals surface area contributed by atoms with E-state index in [0.717, 1.165) is 19.4 Å². The molecule has 0 radical (unpaired) electrons. The van der Waals surface area contributed by atoms with Crippen LogP contribution in [0.1, 0.15) is 18.4 Å². The van der Waals surface area contributed by atoms with Gasteiger partial charge in [-0.15, -0.1) is 0 Å². The number of nitrogens with one attached hydrogen (secondary N) is 1. The molecule has 1 saturated heterocycles. The minimum absolute atomic E-state index is 0.122. The Morgan fingerprint density at radius 1 is 1.15 bits per heavy atom. The molecule has 2 aromatic rings. The van der Waals surface area contributed by atoms with Crippen molar-refractivity contribution in [1.82, 2.24) is 4.90 Å². The SMILES string of the molecule is O=C(Nc1cc(Cl)c(Cl)cc1Cl)C1CCCN(Cc2ccccc2F)C1. The normalized spacial score (nSPS) is 17.9. The summed E-state index contributed by atoms with van der Waals surface area (Å²) < 4.78 is 13.9. The highest BCUT2D eigenvalue weighted by Gasteiger charge is 2.26. The Hall–Kier alpha value is -1.33. The fourth-order valence-corrected chi connectivity index (χ4v) is 3.73. The fraction of sp³-hybridized carbons (Fsp3) is 0.316. The smallest absolute Gasteiger partial charge is 0.228 e. The third-order valence-electron chi connectivity index (χ3n) is 4.50. The maximum Gasteiger partial charge on any atom is 0.228 e. The monoisotopic (exact) mass is 414 g/mol. The van der Waals surface area contributed by atoms with Crippen molar-refractivity contribution in [3.05, 3.63) is 62.8 Å². The van der Waals surface area contributed by atoms with Gasteiger partial charge >= 0.3 is 0 Å². The summed E-state index contributed by atoms with van der Waals surface area (Å²) in [7, 11) is 0. The molecule has 1 atom stereocenters. The molecule has 26 heavy (non-hydrogen) atoms. The van der Waals surface area contributed by atoms with Gasteiger partial charge in [-0.05, 0) is 37.6 Å². The number of hydrogen-bond donors (Lipinski definition) is 1. The van der Waals surface area contributed by atoms with Gasteiger partial charge in [-0.25, -0.2) is 4.39 Å². The maximum absolute atomic E-state index is 13.9. The predicted octanol–water partition coefficient (Wildman–Crippen LogP) is 5.64. The van der Waals surface area contributed by atoms with E-state index in [1.807, 2.05) is 6.07 Å². The Morgan fingerprint density at radius 3 is 2.65 bits per heavy atom. The van der Waals surface area contributed by atoms with Crippen molar-refractivity contribution in [3.63, 3.8) is 0 Å². The number of anilines is 1. The van der Waals surface area contributed by atoms with Gasteiger partial charge < -0.3 is 5.32 Å². The molecule has 0 saturated carbocycles. The molecule has 2 aromatic carbocycles. The Kier molecular flexibility index (Phi) is 6.41. The zero-order valence-electron chi connectivity index (χ0n) is 13.9. The van der Waals surface area contributed by atoms with Gasteiger partial charge in [0, 0.05) is 18.7 Å². The summed E-state index contributed by atoms with van der Waals surface area (Å²) in [5.41, 5.74) is 1.08. The van der Waals surface area contributed by atoms with Gasteiger partial charge in [-0.3, -0.25) is 9.69 Å². The molecule has 1 aliphatic rings. The standard InChI is InChI=1S/C19H18Cl3FN2O/c20-14-8-16(22)18(9-15(14)21)24-19(26)13-5-3-7-25(11-13)10-12-4-1-2-6-17(12)23/h1-2,4,6,8-9,13H,3,5,7,10-11H2,(H,24,26). The van der Waals surface area contributed by atoms with Crippen LogP contribution in [0.4, 0.5) is 10.1 Å². The van der Waals surface area contributed by atoms with Crippen LogP contribution in [-0.4, -0.2) is 23.9 Å². The second-order valence-corrected chi connectivity index (χ2v) is 7.62. The third kappa shape index (κ3) is 4.68. The molecule has 1 aliphatic heterocycles. The van der Waals surface area contributed by atoms with E-state index in [1.54, 1.807) is 18.2 Å². The molecule has 138 valence electrons. The number of nitrogens with zero attached hydrogens (tertiary/aromatic N) is 1. The number of carbonyl (C=O) groups is 1. The number of rotatable bonds is 4. The molecule has 0 spiro atoms. The Labute approximate surface area is 167 Å².